The Morgan fingerprint density at radius 3 is 1.57 bits per heavy atom. The topological polar surface area (TPSA) is 25.8 Å². The molecule has 0 radical (unpaired) electrons. The zero-order chi connectivity index (χ0) is 14.4. The molecule has 3 heterocycles. The van der Waals surface area contributed by atoms with Gasteiger partial charge in [-0.05, 0) is 0 Å². The number of hydrogen-bond donors (Lipinski definition) is 0. The number of benzene rings is 1. The Kier molecular flexibility index (Phi) is 3.48. The Bertz CT molecular complexity index is 858. The zero-order valence-electron chi connectivity index (χ0n) is 11.6. The second-order valence-electron chi connectivity index (χ2n) is 4.94. The number of rotatable bonds is 2. The van der Waals surface area contributed by atoms with Crippen molar-refractivity contribution in [1.29, 1.82) is 0 Å². The van der Waals surface area contributed by atoms with E-state index in [-0.39, 0.29) is 0 Å². The van der Waals surface area contributed by atoms with Crippen LogP contribution in [0.25, 0.3) is 31.0 Å². The fraction of sp³-hybridized carbons (Fsp3) is 0.125. The summed E-state index contributed by atoms with van der Waals surface area (Å²) in [6.45, 7) is 4.41. The molecule has 0 spiro atoms. The molecule has 21 heavy (non-hydrogen) atoms. The van der Waals surface area contributed by atoms with Gasteiger partial charge in [-0.25, -0.2) is 0 Å². The van der Waals surface area contributed by atoms with Crippen LogP contribution in [0.5, 0.6) is 0 Å². The summed E-state index contributed by atoms with van der Waals surface area (Å²) in [4.78, 5) is 0. The first-order valence-corrected chi connectivity index (χ1v) is 10.8. The van der Waals surface area contributed by atoms with Crippen molar-refractivity contribution in [3.05, 3.63) is 45.3 Å². The zero-order valence-corrected chi connectivity index (χ0v) is 15.8. The predicted molar refractivity (Wildman–Crippen MR) is 91.6 cm³/mol. The minimum absolute atomic E-state index is 0.437. The van der Waals surface area contributed by atoms with Crippen molar-refractivity contribution in [2.45, 2.75) is 13.8 Å². The Morgan fingerprint density at radius 2 is 1.19 bits per heavy atom. The molecule has 0 aliphatic heterocycles. The minimum atomic E-state index is 0.437. The van der Waals surface area contributed by atoms with Crippen LogP contribution in [0.3, 0.4) is 0 Å². The van der Waals surface area contributed by atoms with E-state index in [0.717, 1.165) is 11.0 Å². The van der Waals surface area contributed by atoms with Crippen LogP contribution in [0.4, 0.5) is 0 Å². The van der Waals surface area contributed by atoms with Crippen LogP contribution in [-0.4, -0.2) is 37.8 Å². The first-order valence-electron chi connectivity index (χ1n) is 6.61. The molecular formula is C16H12N2SSe2. The van der Waals surface area contributed by atoms with Crippen LogP contribution < -0.4 is 0 Å². The molecule has 3 aromatic heterocycles. The molecule has 104 valence electrons. The van der Waals surface area contributed by atoms with E-state index >= 15 is 0 Å². The molecule has 0 fully saturated rings. The molecule has 0 amide bonds. The van der Waals surface area contributed by atoms with Gasteiger partial charge in [0.2, 0.25) is 0 Å². The summed E-state index contributed by atoms with van der Waals surface area (Å²) in [6.07, 6.45) is 0. The van der Waals surface area contributed by atoms with E-state index < -0.39 is 0 Å². The fourth-order valence-corrected chi connectivity index (χ4v) is 6.75. The Hall–Kier alpha value is -0.961. The molecule has 0 saturated heterocycles. The third-order valence-electron chi connectivity index (χ3n) is 3.43. The summed E-state index contributed by atoms with van der Waals surface area (Å²) in [5.41, 5.74) is 4.70. The summed E-state index contributed by atoms with van der Waals surface area (Å²) in [5, 5.41) is 0. The fourth-order valence-electron chi connectivity index (χ4n) is 2.42. The van der Waals surface area contributed by atoms with Gasteiger partial charge in [0.25, 0.3) is 0 Å². The van der Waals surface area contributed by atoms with Crippen LogP contribution in [0, 0.1) is 13.8 Å². The summed E-state index contributed by atoms with van der Waals surface area (Å²) in [6, 6.07) is 13.4. The van der Waals surface area contributed by atoms with Crippen molar-refractivity contribution in [2.75, 3.05) is 0 Å². The third-order valence-corrected chi connectivity index (χ3v) is 8.29. The van der Waals surface area contributed by atoms with E-state index in [0.29, 0.717) is 29.0 Å². The Labute approximate surface area is 139 Å². The van der Waals surface area contributed by atoms with Crippen LogP contribution >= 0.6 is 11.7 Å². The Balaban J connectivity index is 1.96. The average molecular weight is 422 g/mol. The maximum atomic E-state index is 4.58. The van der Waals surface area contributed by atoms with Gasteiger partial charge in [-0.1, -0.05) is 0 Å². The van der Waals surface area contributed by atoms with Crippen molar-refractivity contribution in [3.63, 3.8) is 0 Å². The van der Waals surface area contributed by atoms with Crippen molar-refractivity contribution in [3.8, 4) is 20.0 Å². The van der Waals surface area contributed by atoms with Gasteiger partial charge in [-0.2, -0.15) is 0 Å². The van der Waals surface area contributed by atoms with Crippen molar-refractivity contribution in [2.24, 2.45) is 0 Å². The summed E-state index contributed by atoms with van der Waals surface area (Å²) in [5.74, 6) is 0. The number of nitrogens with zero attached hydrogens (tertiary/aromatic N) is 2. The molecule has 0 N–H and O–H groups in total. The molecule has 2 nitrogen and oxygen atoms in total. The molecule has 5 heteroatoms. The van der Waals surface area contributed by atoms with Gasteiger partial charge >= 0.3 is 140 Å². The molecule has 0 bridgehead atoms. The van der Waals surface area contributed by atoms with E-state index in [1.807, 2.05) is 0 Å². The summed E-state index contributed by atoms with van der Waals surface area (Å²) >= 11 is 2.20. The first kappa shape index (κ1) is 13.7. The van der Waals surface area contributed by atoms with Crippen molar-refractivity contribution in [1.82, 2.24) is 8.75 Å². The number of hydrogen-bond acceptors (Lipinski definition) is 3. The average Bonchev–Trinajstić information content (AvgIpc) is 3.18. The molecule has 4 aromatic rings. The Morgan fingerprint density at radius 1 is 0.714 bits per heavy atom. The molecule has 0 unspecified atom stereocenters. The molecule has 0 aliphatic rings. The number of aromatic nitrogens is 2. The standard InChI is InChI=1S/C16H12N2SSe2/c1-9-3-7-13(20-9)11-5-6-12(14-8-4-10(2)21-14)16-15(11)17-19-18-16/h3-8H,1-2H3. The molecule has 4 rings (SSSR count). The molecular weight excluding hydrogens is 410 g/mol. The van der Waals surface area contributed by atoms with Gasteiger partial charge in [0.05, 0.1) is 0 Å². The first-order chi connectivity index (χ1) is 10.2. The molecule has 1 aromatic carbocycles. The van der Waals surface area contributed by atoms with E-state index in [1.54, 1.807) is 0 Å². The molecule has 0 atom stereocenters. The third kappa shape index (κ3) is 2.40. The van der Waals surface area contributed by atoms with Crippen molar-refractivity contribution < 1.29 is 0 Å². The normalized spacial score (nSPS) is 11.3. The van der Waals surface area contributed by atoms with Crippen LogP contribution in [-0.2, 0) is 0 Å². The van der Waals surface area contributed by atoms with Gasteiger partial charge in [0, 0.05) is 0 Å². The van der Waals surface area contributed by atoms with Crippen LogP contribution in [0.15, 0.2) is 36.4 Å². The quantitative estimate of drug-likeness (QED) is 0.460. The summed E-state index contributed by atoms with van der Waals surface area (Å²) in [7, 11) is 0. The van der Waals surface area contributed by atoms with Crippen molar-refractivity contribution >= 4 is 51.8 Å². The van der Waals surface area contributed by atoms with Crippen LogP contribution in [0.1, 0.15) is 8.87 Å². The van der Waals surface area contributed by atoms with Gasteiger partial charge < -0.3 is 0 Å². The number of aryl methyl sites for hydroxylation is 2. The van der Waals surface area contributed by atoms with Gasteiger partial charge in [0.15, 0.2) is 0 Å². The summed E-state index contributed by atoms with van der Waals surface area (Å²) < 4.78 is 14.9. The maximum absolute atomic E-state index is 4.58. The van der Waals surface area contributed by atoms with E-state index in [4.69, 9.17) is 0 Å². The van der Waals surface area contributed by atoms with E-state index in [2.05, 4.69) is 59.0 Å². The van der Waals surface area contributed by atoms with Gasteiger partial charge in [-0.15, -0.1) is 0 Å². The molecule has 0 aliphatic carbocycles. The van der Waals surface area contributed by atoms with Gasteiger partial charge in [-0.3, -0.25) is 0 Å². The monoisotopic (exact) mass is 424 g/mol. The van der Waals surface area contributed by atoms with Crippen LogP contribution in [0.2, 0.25) is 0 Å². The predicted octanol–water partition coefficient (Wildman–Crippen LogP) is 3.76. The second-order valence-corrected chi connectivity index (χ2v) is 10.9. The molecule has 0 saturated carbocycles. The van der Waals surface area contributed by atoms with E-state index in [9.17, 15) is 0 Å². The second kappa shape index (κ2) is 5.35. The number of fused-ring (bicyclic) bond motifs is 1. The van der Waals surface area contributed by atoms with Gasteiger partial charge in [0.1, 0.15) is 0 Å². The SMILES string of the molecule is Cc1ccc(-c2ccc(-c3ccc(C)[se]3)c3nsnc23)[se]1. The van der Waals surface area contributed by atoms with E-state index in [1.165, 1.54) is 40.6 Å².